The largest absolute Gasteiger partial charge is 0.493 e. The first kappa shape index (κ1) is 25.5. The maximum Gasteiger partial charge on any atom is 0.328 e. The van der Waals surface area contributed by atoms with Crippen LogP contribution in [-0.4, -0.2) is 50.2 Å². The summed E-state index contributed by atoms with van der Waals surface area (Å²) in [4.78, 5) is 27.3. The number of likely N-dealkylation sites (tertiary alicyclic amines) is 1. The number of carbonyl (C=O) groups is 2. The lowest BCUT2D eigenvalue weighted by atomic mass is 10.0. The normalized spacial score (nSPS) is 16.3. The molecule has 0 radical (unpaired) electrons. The van der Waals surface area contributed by atoms with Gasteiger partial charge in [0, 0.05) is 19.0 Å². The van der Waals surface area contributed by atoms with Crippen LogP contribution >= 0.6 is 0 Å². The summed E-state index contributed by atoms with van der Waals surface area (Å²) in [7, 11) is 3.18. The predicted octanol–water partition coefficient (Wildman–Crippen LogP) is 4.86. The molecule has 1 fully saturated rings. The Kier molecular flexibility index (Phi) is 10.3. The number of carbonyl (C=O) groups excluding carboxylic acids is 2. The summed E-state index contributed by atoms with van der Waals surface area (Å²) in [5, 5.41) is 0. The molecule has 0 aliphatic carbocycles. The molecule has 1 unspecified atom stereocenters. The molecule has 0 saturated carbocycles. The number of rotatable bonds is 10. The molecule has 1 atom stereocenters. The van der Waals surface area contributed by atoms with Gasteiger partial charge in [-0.3, -0.25) is 4.79 Å². The van der Waals surface area contributed by atoms with Crippen molar-refractivity contribution in [3.8, 4) is 11.5 Å². The molecule has 0 aromatic heterocycles. The van der Waals surface area contributed by atoms with Crippen LogP contribution in [0.3, 0.4) is 0 Å². The fourth-order valence-corrected chi connectivity index (χ4v) is 3.80. The van der Waals surface area contributed by atoms with Gasteiger partial charge in [-0.1, -0.05) is 23.3 Å². The highest BCUT2D eigenvalue weighted by Gasteiger charge is 2.32. The molecule has 0 spiro atoms. The molecule has 1 amide bonds. The molecular weight excluding hydrogens is 406 g/mol. The van der Waals surface area contributed by atoms with Gasteiger partial charge >= 0.3 is 5.97 Å². The van der Waals surface area contributed by atoms with Gasteiger partial charge in [-0.05, 0) is 70.6 Å². The van der Waals surface area contributed by atoms with Crippen molar-refractivity contribution in [1.82, 2.24) is 4.90 Å². The Balaban J connectivity index is 1.93. The highest BCUT2D eigenvalue weighted by Crippen LogP contribution is 2.27. The quantitative estimate of drug-likeness (QED) is 0.293. The Bertz CT molecular complexity index is 839. The first-order chi connectivity index (χ1) is 15.3. The zero-order valence-corrected chi connectivity index (χ0v) is 20.1. The number of ether oxygens (including phenoxy) is 3. The van der Waals surface area contributed by atoms with Crippen molar-refractivity contribution in [3.63, 3.8) is 0 Å². The van der Waals surface area contributed by atoms with Gasteiger partial charge in [-0.2, -0.15) is 0 Å². The molecule has 1 aromatic rings. The summed E-state index contributed by atoms with van der Waals surface area (Å²) >= 11 is 0. The van der Waals surface area contributed by atoms with Crippen molar-refractivity contribution in [2.75, 3.05) is 27.4 Å². The summed E-state index contributed by atoms with van der Waals surface area (Å²) in [5.74, 6) is 0.885. The molecule has 1 aliphatic heterocycles. The monoisotopic (exact) mass is 443 g/mol. The standard InChI is InChI=1S/C26H37NO5/c1-19(2)9-8-10-20(3)17-25(28)27-15-7-6-11-22(27)26(29)32-16-14-21-12-13-23(30-4)24(18-21)31-5/h9,12-13,17-18,22H,6-8,10-11,14-16H2,1-5H3/b20-17+. The van der Waals surface area contributed by atoms with E-state index in [1.54, 1.807) is 25.2 Å². The lowest BCUT2D eigenvalue weighted by molar-refractivity contribution is -0.155. The molecule has 1 saturated heterocycles. The van der Waals surface area contributed by atoms with Crippen molar-refractivity contribution >= 4 is 11.9 Å². The number of benzene rings is 1. The highest BCUT2D eigenvalue weighted by atomic mass is 16.5. The minimum Gasteiger partial charge on any atom is -0.493 e. The predicted molar refractivity (Wildman–Crippen MR) is 126 cm³/mol. The van der Waals surface area contributed by atoms with Gasteiger partial charge in [0.2, 0.25) is 5.91 Å². The Morgan fingerprint density at radius 3 is 2.53 bits per heavy atom. The Morgan fingerprint density at radius 1 is 1.09 bits per heavy atom. The summed E-state index contributed by atoms with van der Waals surface area (Å²) in [6.07, 6.45) is 8.64. The Morgan fingerprint density at radius 2 is 1.84 bits per heavy atom. The van der Waals surface area contributed by atoms with E-state index >= 15 is 0 Å². The Labute approximate surface area is 192 Å². The summed E-state index contributed by atoms with van der Waals surface area (Å²) in [6.45, 7) is 6.95. The van der Waals surface area contributed by atoms with Crippen LogP contribution in [0.25, 0.3) is 0 Å². The van der Waals surface area contributed by atoms with Crippen molar-refractivity contribution in [1.29, 1.82) is 0 Å². The lowest BCUT2D eigenvalue weighted by Gasteiger charge is -2.33. The van der Waals surface area contributed by atoms with Gasteiger partial charge in [0.05, 0.1) is 20.8 Å². The summed E-state index contributed by atoms with van der Waals surface area (Å²) in [6, 6.07) is 5.13. The topological polar surface area (TPSA) is 65.1 Å². The van der Waals surface area contributed by atoms with Gasteiger partial charge in [-0.15, -0.1) is 0 Å². The molecule has 1 heterocycles. The second-order valence-corrected chi connectivity index (χ2v) is 8.46. The Hall–Kier alpha value is -2.76. The smallest absolute Gasteiger partial charge is 0.328 e. The molecule has 2 rings (SSSR count). The van der Waals surface area contributed by atoms with Crippen LogP contribution in [0, 0.1) is 0 Å². The number of hydrogen-bond donors (Lipinski definition) is 0. The molecule has 6 nitrogen and oxygen atoms in total. The van der Waals surface area contributed by atoms with Gasteiger partial charge < -0.3 is 19.1 Å². The molecule has 32 heavy (non-hydrogen) atoms. The van der Waals surface area contributed by atoms with Crippen LogP contribution in [0.15, 0.2) is 41.5 Å². The van der Waals surface area contributed by atoms with E-state index in [0.717, 1.165) is 36.8 Å². The van der Waals surface area contributed by atoms with Crippen LogP contribution in [0.4, 0.5) is 0 Å². The van der Waals surface area contributed by atoms with E-state index in [9.17, 15) is 9.59 Å². The van der Waals surface area contributed by atoms with Gasteiger partial charge in [0.25, 0.3) is 0 Å². The number of esters is 1. The van der Waals surface area contributed by atoms with E-state index in [1.807, 2.05) is 25.1 Å². The van der Waals surface area contributed by atoms with Crippen molar-refractivity contribution in [3.05, 3.63) is 47.1 Å². The third-order valence-electron chi connectivity index (χ3n) is 5.60. The second-order valence-electron chi connectivity index (χ2n) is 8.46. The van der Waals surface area contributed by atoms with Crippen LogP contribution in [-0.2, 0) is 20.7 Å². The maximum absolute atomic E-state index is 12.8. The fourth-order valence-electron chi connectivity index (χ4n) is 3.80. The molecule has 176 valence electrons. The van der Waals surface area contributed by atoms with E-state index < -0.39 is 6.04 Å². The minimum atomic E-state index is -0.511. The number of allylic oxidation sites excluding steroid dienone is 3. The molecule has 0 N–H and O–H groups in total. The number of nitrogens with zero attached hydrogens (tertiary/aromatic N) is 1. The lowest BCUT2D eigenvalue weighted by Crippen LogP contribution is -2.48. The number of piperidine rings is 1. The molecule has 0 bridgehead atoms. The van der Waals surface area contributed by atoms with E-state index in [4.69, 9.17) is 14.2 Å². The van der Waals surface area contributed by atoms with Crippen LogP contribution in [0.2, 0.25) is 0 Å². The average molecular weight is 444 g/mol. The minimum absolute atomic E-state index is 0.0961. The maximum atomic E-state index is 12.8. The first-order valence-electron chi connectivity index (χ1n) is 11.3. The fraction of sp³-hybridized carbons (Fsp3) is 0.538. The SMILES string of the molecule is COc1ccc(CCOC(=O)C2CCCCN2C(=O)/C=C(\C)CCC=C(C)C)cc1OC. The van der Waals surface area contributed by atoms with Crippen LogP contribution < -0.4 is 9.47 Å². The van der Waals surface area contributed by atoms with Crippen molar-refractivity contribution in [2.45, 2.75) is 65.3 Å². The zero-order chi connectivity index (χ0) is 23.5. The number of methoxy groups -OCH3 is 2. The van der Waals surface area contributed by atoms with E-state index in [0.29, 0.717) is 30.9 Å². The van der Waals surface area contributed by atoms with Gasteiger partial charge in [-0.25, -0.2) is 4.79 Å². The van der Waals surface area contributed by atoms with E-state index in [1.165, 1.54) is 5.57 Å². The zero-order valence-electron chi connectivity index (χ0n) is 20.1. The second kappa shape index (κ2) is 12.9. The molecule has 6 heteroatoms. The van der Waals surface area contributed by atoms with E-state index in [-0.39, 0.29) is 18.5 Å². The molecule has 1 aliphatic rings. The third-order valence-corrected chi connectivity index (χ3v) is 5.60. The highest BCUT2D eigenvalue weighted by molar-refractivity contribution is 5.92. The molecule has 1 aromatic carbocycles. The third kappa shape index (κ3) is 7.74. The van der Waals surface area contributed by atoms with Gasteiger partial charge in [0.1, 0.15) is 6.04 Å². The van der Waals surface area contributed by atoms with Crippen LogP contribution in [0.1, 0.15) is 58.4 Å². The number of amides is 1. The van der Waals surface area contributed by atoms with Gasteiger partial charge in [0.15, 0.2) is 11.5 Å². The van der Waals surface area contributed by atoms with Crippen LogP contribution in [0.5, 0.6) is 11.5 Å². The van der Waals surface area contributed by atoms with Crippen molar-refractivity contribution < 1.29 is 23.8 Å². The molecular formula is C26H37NO5. The first-order valence-corrected chi connectivity index (χ1v) is 11.3. The number of hydrogen-bond acceptors (Lipinski definition) is 5. The van der Waals surface area contributed by atoms with E-state index in [2.05, 4.69) is 19.9 Å². The van der Waals surface area contributed by atoms with Crippen molar-refractivity contribution in [2.24, 2.45) is 0 Å². The summed E-state index contributed by atoms with van der Waals surface area (Å²) in [5.41, 5.74) is 3.29. The summed E-state index contributed by atoms with van der Waals surface area (Å²) < 4.78 is 16.1. The average Bonchev–Trinajstić information content (AvgIpc) is 2.78.